The van der Waals surface area contributed by atoms with Gasteiger partial charge < -0.3 is 0 Å². The van der Waals surface area contributed by atoms with Crippen LogP contribution in [0, 0.1) is 0 Å². The summed E-state index contributed by atoms with van der Waals surface area (Å²) in [5.41, 5.74) is 0. The molecule has 0 aliphatic heterocycles. The van der Waals surface area contributed by atoms with Crippen molar-refractivity contribution in [2.75, 3.05) is 5.88 Å². The Morgan fingerprint density at radius 2 is 2.00 bits per heavy atom. The Bertz CT molecular complexity index is 428. The lowest BCUT2D eigenvalue weighted by Gasteiger charge is -2.05. The van der Waals surface area contributed by atoms with Crippen molar-refractivity contribution < 1.29 is 8.42 Å². The first-order valence-corrected chi connectivity index (χ1v) is 7.38. The van der Waals surface area contributed by atoms with Gasteiger partial charge in [0, 0.05) is 11.8 Å². The van der Waals surface area contributed by atoms with Crippen molar-refractivity contribution in [2.45, 2.75) is 36.3 Å². The molecule has 0 radical (unpaired) electrons. The molecule has 0 aliphatic carbocycles. The molecule has 0 amide bonds. The van der Waals surface area contributed by atoms with E-state index in [0.29, 0.717) is 5.82 Å². The second-order valence-corrected chi connectivity index (χ2v) is 7.18. The van der Waals surface area contributed by atoms with Crippen LogP contribution in [0.5, 0.6) is 0 Å². The first-order chi connectivity index (χ1) is 6.89. The molecule has 4 nitrogen and oxygen atoms in total. The number of aromatic nitrogens is 2. The van der Waals surface area contributed by atoms with Crippen LogP contribution in [0.4, 0.5) is 0 Å². The van der Waals surface area contributed by atoms with Gasteiger partial charge in [0.1, 0.15) is 5.82 Å². The van der Waals surface area contributed by atoms with Gasteiger partial charge in [-0.05, 0) is 18.5 Å². The largest absolute Gasteiger partial charge is 0.229 e. The molecule has 15 heavy (non-hydrogen) atoms. The molecule has 1 atom stereocenters. The standard InChI is InChI=1S/C8H13ClN2O2S2/c1-5(2)7-10-8(14-11-7)15(12,13)6(3)4-9/h5-6H,4H2,1-3H3. The maximum Gasteiger partial charge on any atom is 0.229 e. The van der Waals surface area contributed by atoms with Gasteiger partial charge in [0.2, 0.25) is 14.2 Å². The minimum Gasteiger partial charge on any atom is -0.221 e. The number of hydrogen-bond donors (Lipinski definition) is 0. The Hall–Kier alpha value is -0.200. The molecule has 0 bridgehead atoms. The lowest BCUT2D eigenvalue weighted by Crippen LogP contribution is -2.19. The van der Waals surface area contributed by atoms with Gasteiger partial charge >= 0.3 is 0 Å². The van der Waals surface area contributed by atoms with E-state index in [-0.39, 0.29) is 16.1 Å². The second kappa shape index (κ2) is 4.76. The van der Waals surface area contributed by atoms with Crippen LogP contribution in [0.1, 0.15) is 32.5 Å². The van der Waals surface area contributed by atoms with Crippen molar-refractivity contribution in [1.82, 2.24) is 9.36 Å². The van der Waals surface area contributed by atoms with E-state index in [0.717, 1.165) is 11.5 Å². The molecule has 0 fully saturated rings. The first-order valence-electron chi connectivity index (χ1n) is 4.53. The van der Waals surface area contributed by atoms with Gasteiger partial charge in [0.25, 0.3) is 0 Å². The van der Waals surface area contributed by atoms with E-state index in [4.69, 9.17) is 11.6 Å². The van der Waals surface area contributed by atoms with E-state index in [1.54, 1.807) is 6.92 Å². The van der Waals surface area contributed by atoms with Gasteiger partial charge in [0.15, 0.2) is 0 Å². The van der Waals surface area contributed by atoms with Gasteiger partial charge in [-0.1, -0.05) is 13.8 Å². The van der Waals surface area contributed by atoms with Crippen LogP contribution >= 0.6 is 23.1 Å². The van der Waals surface area contributed by atoms with Crippen molar-refractivity contribution in [3.63, 3.8) is 0 Å². The van der Waals surface area contributed by atoms with Crippen LogP contribution in [0.25, 0.3) is 0 Å². The molecule has 0 saturated heterocycles. The van der Waals surface area contributed by atoms with Gasteiger partial charge in [-0.2, -0.15) is 4.37 Å². The van der Waals surface area contributed by atoms with Crippen LogP contribution in [0.3, 0.4) is 0 Å². The molecule has 0 N–H and O–H groups in total. The summed E-state index contributed by atoms with van der Waals surface area (Å²) in [7, 11) is -3.39. The number of halogens is 1. The molecular weight excluding hydrogens is 256 g/mol. The van der Waals surface area contributed by atoms with E-state index < -0.39 is 15.1 Å². The van der Waals surface area contributed by atoms with Gasteiger partial charge in [-0.15, -0.1) is 11.6 Å². The smallest absolute Gasteiger partial charge is 0.221 e. The summed E-state index contributed by atoms with van der Waals surface area (Å²) in [6, 6.07) is 0. The van der Waals surface area contributed by atoms with Crippen molar-refractivity contribution in [3.8, 4) is 0 Å². The predicted molar refractivity (Wildman–Crippen MR) is 61.4 cm³/mol. The molecule has 0 spiro atoms. The summed E-state index contributed by atoms with van der Waals surface area (Å²) in [5.74, 6) is 0.774. The zero-order valence-electron chi connectivity index (χ0n) is 8.77. The van der Waals surface area contributed by atoms with Crippen molar-refractivity contribution >= 4 is 33.0 Å². The fraction of sp³-hybridized carbons (Fsp3) is 0.750. The number of sulfone groups is 1. The zero-order valence-corrected chi connectivity index (χ0v) is 11.2. The summed E-state index contributed by atoms with van der Waals surface area (Å²) < 4.78 is 27.7. The SMILES string of the molecule is CC(C)c1nsc(S(=O)(=O)C(C)CCl)n1. The highest BCUT2D eigenvalue weighted by Gasteiger charge is 2.27. The molecule has 7 heteroatoms. The van der Waals surface area contributed by atoms with Crippen molar-refractivity contribution in [3.05, 3.63) is 5.82 Å². The summed E-state index contributed by atoms with van der Waals surface area (Å²) in [6.07, 6.45) is 0. The summed E-state index contributed by atoms with van der Waals surface area (Å²) in [4.78, 5) is 4.01. The van der Waals surface area contributed by atoms with E-state index in [9.17, 15) is 8.42 Å². The summed E-state index contributed by atoms with van der Waals surface area (Å²) >= 11 is 6.45. The third-order valence-corrected chi connectivity index (χ3v) is 5.83. The minimum absolute atomic E-state index is 0.0684. The average Bonchev–Trinajstić information content (AvgIpc) is 2.65. The fourth-order valence-electron chi connectivity index (χ4n) is 0.825. The molecule has 1 rings (SSSR count). The quantitative estimate of drug-likeness (QED) is 0.785. The topological polar surface area (TPSA) is 59.9 Å². The van der Waals surface area contributed by atoms with Crippen LogP contribution < -0.4 is 0 Å². The number of rotatable bonds is 4. The summed E-state index contributed by atoms with van der Waals surface area (Å²) in [6.45, 7) is 5.41. The van der Waals surface area contributed by atoms with E-state index in [2.05, 4.69) is 9.36 Å². The van der Waals surface area contributed by atoms with Gasteiger partial charge in [-0.25, -0.2) is 13.4 Å². The Kier molecular flexibility index (Phi) is 4.08. The number of nitrogens with zero attached hydrogens (tertiary/aromatic N) is 2. The number of hydrogen-bond acceptors (Lipinski definition) is 5. The Morgan fingerprint density at radius 3 is 2.40 bits per heavy atom. The third-order valence-electron chi connectivity index (χ3n) is 1.93. The lowest BCUT2D eigenvalue weighted by atomic mass is 10.2. The van der Waals surface area contributed by atoms with Crippen molar-refractivity contribution in [1.29, 1.82) is 0 Å². The molecule has 1 aromatic heterocycles. The Balaban J connectivity index is 3.06. The van der Waals surface area contributed by atoms with Crippen molar-refractivity contribution in [2.24, 2.45) is 0 Å². The predicted octanol–water partition coefficient (Wildman–Crippen LogP) is 2.06. The van der Waals surface area contributed by atoms with E-state index >= 15 is 0 Å². The van der Waals surface area contributed by atoms with E-state index in [1.807, 2.05) is 13.8 Å². The summed E-state index contributed by atoms with van der Waals surface area (Å²) in [5, 5.41) is -0.618. The highest BCUT2D eigenvalue weighted by Crippen LogP contribution is 2.21. The monoisotopic (exact) mass is 268 g/mol. The highest BCUT2D eigenvalue weighted by molar-refractivity contribution is 7.93. The molecule has 86 valence electrons. The van der Waals surface area contributed by atoms with Crippen LogP contribution in [0.15, 0.2) is 4.34 Å². The second-order valence-electron chi connectivity index (χ2n) is 3.58. The maximum atomic E-state index is 11.8. The van der Waals surface area contributed by atoms with Crippen LogP contribution in [-0.4, -0.2) is 28.9 Å². The maximum absolute atomic E-state index is 11.8. The van der Waals surface area contributed by atoms with Crippen LogP contribution in [-0.2, 0) is 9.84 Å². The Morgan fingerprint density at radius 1 is 1.40 bits per heavy atom. The molecule has 1 aromatic rings. The molecule has 1 heterocycles. The molecule has 0 aromatic carbocycles. The lowest BCUT2D eigenvalue weighted by molar-refractivity contribution is 0.586. The molecule has 0 aliphatic rings. The molecule has 0 saturated carbocycles. The first kappa shape index (κ1) is 12.9. The zero-order chi connectivity index (χ0) is 11.6. The number of alkyl halides is 1. The Labute approximate surface area is 98.8 Å². The highest BCUT2D eigenvalue weighted by atomic mass is 35.5. The third kappa shape index (κ3) is 2.68. The van der Waals surface area contributed by atoms with Gasteiger partial charge in [0.05, 0.1) is 5.25 Å². The van der Waals surface area contributed by atoms with E-state index in [1.165, 1.54) is 0 Å². The van der Waals surface area contributed by atoms with Crippen LogP contribution in [0.2, 0.25) is 0 Å². The fourth-order valence-corrected chi connectivity index (χ4v) is 3.63. The molecule has 1 unspecified atom stereocenters. The minimum atomic E-state index is -3.39. The van der Waals surface area contributed by atoms with Gasteiger partial charge in [-0.3, -0.25) is 0 Å². The normalized spacial score (nSPS) is 14.5. The average molecular weight is 269 g/mol. The molecular formula is C8H13ClN2O2S2.